The summed E-state index contributed by atoms with van der Waals surface area (Å²) in [6.45, 7) is 0. The van der Waals surface area contributed by atoms with E-state index in [1.54, 1.807) is 18.2 Å². The molecule has 3 aromatic carbocycles. The first-order valence-corrected chi connectivity index (χ1v) is 10.00. The number of nitro groups is 2. The first-order chi connectivity index (χ1) is 14.3. The Balaban J connectivity index is 1.69. The van der Waals surface area contributed by atoms with Crippen LogP contribution in [-0.2, 0) is 0 Å². The van der Waals surface area contributed by atoms with Crippen LogP contribution in [0.2, 0.25) is 0 Å². The van der Waals surface area contributed by atoms with Gasteiger partial charge in [0.15, 0.2) is 0 Å². The summed E-state index contributed by atoms with van der Waals surface area (Å²) in [7, 11) is 0. The maximum absolute atomic E-state index is 12.5. The summed E-state index contributed by atoms with van der Waals surface area (Å²) in [6.07, 6.45) is 0. The maximum Gasteiger partial charge on any atom is 0.269 e. The predicted molar refractivity (Wildman–Crippen MR) is 113 cm³/mol. The summed E-state index contributed by atoms with van der Waals surface area (Å²) in [5, 5.41) is 20.8. The molecule has 10 heteroatoms. The number of hydrogen-bond donors (Lipinski definition) is 0. The molecular formula is C20H12N2O6S2. The monoisotopic (exact) mass is 440 g/mol. The quantitative estimate of drug-likeness (QED) is 0.285. The number of hydrogen-bond acceptors (Lipinski definition) is 8. The molecule has 0 aromatic heterocycles. The van der Waals surface area contributed by atoms with Crippen LogP contribution in [0.25, 0.3) is 0 Å². The van der Waals surface area contributed by atoms with Crippen LogP contribution in [0.5, 0.6) is 0 Å². The Hall–Kier alpha value is -3.50. The topological polar surface area (TPSA) is 120 Å². The van der Waals surface area contributed by atoms with Crippen molar-refractivity contribution in [1.29, 1.82) is 0 Å². The minimum absolute atomic E-state index is 0.0670. The van der Waals surface area contributed by atoms with E-state index in [2.05, 4.69) is 0 Å². The molecule has 0 N–H and O–H groups in total. The average Bonchev–Trinajstić information content (AvgIpc) is 2.74. The molecule has 8 nitrogen and oxygen atoms in total. The van der Waals surface area contributed by atoms with E-state index < -0.39 is 9.85 Å². The standard InChI is InChI=1S/C20H12N2O6S2/c23-19(29-17-8-4-15(5-9-17)21(25)26)13-2-1-3-14(12-13)20(24)30-18-10-6-16(7-11-18)22(27)28/h1-12H. The Morgan fingerprint density at radius 3 is 1.33 bits per heavy atom. The smallest absolute Gasteiger partial charge is 0.269 e. The van der Waals surface area contributed by atoms with E-state index in [0.29, 0.717) is 20.9 Å². The van der Waals surface area contributed by atoms with E-state index in [1.807, 2.05) is 0 Å². The lowest BCUT2D eigenvalue weighted by Crippen LogP contribution is -1.99. The molecule has 0 saturated carbocycles. The first-order valence-electron chi connectivity index (χ1n) is 8.37. The normalized spacial score (nSPS) is 10.4. The molecule has 0 amide bonds. The van der Waals surface area contributed by atoms with Crippen LogP contribution in [0.15, 0.2) is 82.6 Å². The van der Waals surface area contributed by atoms with Crippen molar-refractivity contribution in [1.82, 2.24) is 0 Å². The van der Waals surface area contributed by atoms with Crippen LogP contribution in [0.3, 0.4) is 0 Å². The van der Waals surface area contributed by atoms with E-state index >= 15 is 0 Å². The molecule has 0 aliphatic carbocycles. The van der Waals surface area contributed by atoms with Crippen LogP contribution in [0, 0.1) is 20.2 Å². The Labute approximate surface area is 178 Å². The van der Waals surface area contributed by atoms with Gasteiger partial charge in [0.05, 0.1) is 9.85 Å². The van der Waals surface area contributed by atoms with Crippen LogP contribution in [0.4, 0.5) is 11.4 Å². The van der Waals surface area contributed by atoms with Gasteiger partial charge >= 0.3 is 0 Å². The molecule has 0 spiro atoms. The van der Waals surface area contributed by atoms with Crippen molar-refractivity contribution in [3.8, 4) is 0 Å². The summed E-state index contributed by atoms with van der Waals surface area (Å²) < 4.78 is 0. The van der Waals surface area contributed by atoms with E-state index in [-0.39, 0.29) is 21.6 Å². The third-order valence-electron chi connectivity index (χ3n) is 3.85. The van der Waals surface area contributed by atoms with Crippen molar-refractivity contribution < 1.29 is 19.4 Å². The van der Waals surface area contributed by atoms with Crippen LogP contribution in [0.1, 0.15) is 20.7 Å². The lowest BCUT2D eigenvalue weighted by molar-refractivity contribution is -0.385. The molecule has 0 atom stereocenters. The van der Waals surface area contributed by atoms with E-state index in [4.69, 9.17) is 0 Å². The van der Waals surface area contributed by atoms with Crippen molar-refractivity contribution in [3.05, 3.63) is 104 Å². The summed E-state index contributed by atoms with van der Waals surface area (Å²) in [5.74, 6) is 0. The molecular weight excluding hydrogens is 428 g/mol. The van der Waals surface area contributed by atoms with Crippen molar-refractivity contribution in [2.75, 3.05) is 0 Å². The number of benzene rings is 3. The average molecular weight is 440 g/mol. The zero-order valence-corrected chi connectivity index (χ0v) is 16.7. The van der Waals surface area contributed by atoms with Crippen molar-refractivity contribution in [2.45, 2.75) is 9.79 Å². The Morgan fingerprint density at radius 1 is 0.633 bits per heavy atom. The van der Waals surface area contributed by atoms with E-state index in [9.17, 15) is 29.8 Å². The van der Waals surface area contributed by atoms with Gasteiger partial charge in [-0.2, -0.15) is 0 Å². The second-order valence-corrected chi connectivity index (χ2v) is 7.95. The van der Waals surface area contributed by atoms with Gasteiger partial charge in [0.2, 0.25) is 10.2 Å². The molecule has 30 heavy (non-hydrogen) atoms. The second kappa shape index (κ2) is 9.33. The molecule has 0 bridgehead atoms. The van der Waals surface area contributed by atoms with Gasteiger partial charge in [-0.05, 0) is 53.9 Å². The van der Waals surface area contributed by atoms with Gasteiger partial charge in [0.1, 0.15) is 0 Å². The lowest BCUT2D eigenvalue weighted by atomic mass is 10.1. The van der Waals surface area contributed by atoms with Crippen LogP contribution in [-0.4, -0.2) is 20.1 Å². The van der Waals surface area contributed by atoms with Gasteiger partial charge in [-0.3, -0.25) is 29.8 Å². The fraction of sp³-hybridized carbons (Fsp3) is 0. The van der Waals surface area contributed by atoms with Crippen molar-refractivity contribution in [3.63, 3.8) is 0 Å². The summed E-state index contributed by atoms with van der Waals surface area (Å²) >= 11 is 1.80. The van der Waals surface area contributed by atoms with Crippen LogP contribution >= 0.6 is 23.5 Å². The minimum Gasteiger partial charge on any atom is -0.281 e. The highest BCUT2D eigenvalue weighted by Gasteiger charge is 2.15. The summed E-state index contributed by atoms with van der Waals surface area (Å²) in [4.78, 5) is 46.5. The fourth-order valence-corrected chi connectivity index (χ4v) is 3.84. The van der Waals surface area contributed by atoms with Gasteiger partial charge in [-0.1, -0.05) is 18.2 Å². The van der Waals surface area contributed by atoms with Crippen molar-refractivity contribution >= 4 is 45.1 Å². The maximum atomic E-state index is 12.5. The van der Waals surface area contributed by atoms with Crippen LogP contribution < -0.4 is 0 Å². The molecule has 3 rings (SSSR count). The van der Waals surface area contributed by atoms with Crippen molar-refractivity contribution in [2.24, 2.45) is 0 Å². The number of non-ortho nitro benzene ring substituents is 2. The summed E-state index contributed by atoms with van der Waals surface area (Å²) in [5.41, 5.74) is 0.493. The molecule has 0 unspecified atom stereocenters. The Kier molecular flexibility index (Phi) is 6.60. The number of carbonyl (C=O) groups is 2. The molecule has 0 radical (unpaired) electrons. The number of carbonyl (C=O) groups excluding carboxylic acids is 2. The Bertz CT molecular complexity index is 1040. The summed E-state index contributed by atoms with van der Waals surface area (Å²) in [6, 6.07) is 17.4. The zero-order valence-electron chi connectivity index (χ0n) is 15.1. The van der Waals surface area contributed by atoms with Gasteiger partial charge in [0.25, 0.3) is 11.4 Å². The molecule has 0 heterocycles. The highest BCUT2D eigenvalue weighted by atomic mass is 32.2. The SMILES string of the molecule is O=C(Sc1ccc([N+](=O)[O-])cc1)c1cccc(C(=O)Sc2ccc([N+](=O)[O-])cc2)c1. The highest BCUT2D eigenvalue weighted by molar-refractivity contribution is 8.14. The molecule has 0 fully saturated rings. The molecule has 0 aliphatic heterocycles. The first kappa shape index (κ1) is 21.2. The number of nitrogens with zero attached hydrogens (tertiary/aromatic N) is 2. The fourth-order valence-electron chi connectivity index (χ4n) is 2.38. The molecule has 0 aliphatic rings. The second-order valence-electron chi connectivity index (χ2n) is 5.86. The van der Waals surface area contributed by atoms with Gasteiger partial charge in [-0.25, -0.2) is 0 Å². The molecule has 150 valence electrons. The van der Waals surface area contributed by atoms with E-state index in [0.717, 1.165) is 23.5 Å². The third kappa shape index (κ3) is 5.31. The van der Waals surface area contributed by atoms with Gasteiger partial charge < -0.3 is 0 Å². The number of thioether (sulfide) groups is 2. The third-order valence-corrected chi connectivity index (χ3v) is 5.71. The van der Waals surface area contributed by atoms with Gasteiger partial charge in [-0.15, -0.1) is 0 Å². The minimum atomic E-state index is -0.520. The van der Waals surface area contributed by atoms with E-state index in [1.165, 1.54) is 54.6 Å². The molecule has 0 saturated heterocycles. The predicted octanol–water partition coefficient (Wildman–Crippen LogP) is 5.37. The Morgan fingerprint density at radius 2 is 1.00 bits per heavy atom. The lowest BCUT2D eigenvalue weighted by Gasteiger charge is -2.05. The molecule has 3 aromatic rings. The number of rotatable bonds is 6. The highest BCUT2D eigenvalue weighted by Crippen LogP contribution is 2.28. The van der Waals surface area contributed by atoms with Gasteiger partial charge in [0, 0.05) is 45.2 Å². The zero-order chi connectivity index (χ0) is 21.7. The number of nitro benzene ring substituents is 2. The largest absolute Gasteiger partial charge is 0.281 e.